The summed E-state index contributed by atoms with van der Waals surface area (Å²) in [4.78, 5) is 13.0. The zero-order chi connectivity index (χ0) is 18.6. The van der Waals surface area contributed by atoms with Gasteiger partial charge in [0.15, 0.2) is 5.78 Å². The van der Waals surface area contributed by atoms with Gasteiger partial charge in [-0.05, 0) is 24.3 Å². The second-order valence-electron chi connectivity index (χ2n) is 7.32. The van der Waals surface area contributed by atoms with E-state index in [1.54, 1.807) is 0 Å². The fourth-order valence-electron chi connectivity index (χ4n) is 3.78. The first-order valence-electron chi connectivity index (χ1n) is 10.5. The van der Waals surface area contributed by atoms with Crippen LogP contribution in [0.4, 0.5) is 0 Å². The van der Waals surface area contributed by atoms with Crippen molar-refractivity contribution in [3.8, 4) is 0 Å². The Bertz CT molecular complexity index is 644. The van der Waals surface area contributed by atoms with Crippen LogP contribution in [0.2, 0.25) is 0 Å². The number of hydrogen-bond donors (Lipinski definition) is 0. The molecule has 0 spiro atoms. The quantitative estimate of drug-likeness (QED) is 0.285. The van der Waals surface area contributed by atoms with Crippen LogP contribution in [0.3, 0.4) is 0 Å². The van der Waals surface area contributed by atoms with Crippen LogP contribution in [0.5, 0.6) is 0 Å². The van der Waals surface area contributed by atoms with Gasteiger partial charge in [-0.2, -0.15) is 0 Å². The molecule has 0 saturated heterocycles. The molecule has 0 radical (unpaired) electrons. The van der Waals surface area contributed by atoms with Gasteiger partial charge in [0, 0.05) is 11.1 Å². The van der Waals surface area contributed by atoms with Crippen LogP contribution in [-0.4, -0.2) is 5.78 Å². The van der Waals surface area contributed by atoms with Crippen LogP contribution in [0, 0.1) is 0 Å². The first-order valence-corrected chi connectivity index (χ1v) is 10.5. The summed E-state index contributed by atoms with van der Waals surface area (Å²) in [5, 5.41) is 0. The van der Waals surface area contributed by atoms with Crippen molar-refractivity contribution < 1.29 is 4.79 Å². The maximum atomic E-state index is 13.0. The molecule has 0 aliphatic carbocycles. The Labute approximate surface area is 159 Å². The van der Waals surface area contributed by atoms with E-state index >= 15 is 0 Å². The van der Waals surface area contributed by atoms with Crippen LogP contribution >= 0.6 is 0 Å². The summed E-state index contributed by atoms with van der Waals surface area (Å²) in [5.74, 6) is 0.653. The van der Waals surface area contributed by atoms with Crippen LogP contribution in [-0.2, 0) is 0 Å². The summed E-state index contributed by atoms with van der Waals surface area (Å²) in [6.07, 6.45) is 11.5. The Morgan fingerprint density at radius 2 is 1.38 bits per heavy atom. The topological polar surface area (TPSA) is 17.1 Å². The van der Waals surface area contributed by atoms with Crippen molar-refractivity contribution in [2.24, 2.45) is 0 Å². The van der Waals surface area contributed by atoms with Crippen molar-refractivity contribution in [3.63, 3.8) is 0 Å². The lowest BCUT2D eigenvalue weighted by Crippen LogP contribution is -2.09. The van der Waals surface area contributed by atoms with Gasteiger partial charge in [0.2, 0.25) is 0 Å². The average molecular weight is 351 g/mol. The van der Waals surface area contributed by atoms with Crippen molar-refractivity contribution in [2.75, 3.05) is 0 Å². The monoisotopic (exact) mass is 350 g/mol. The third kappa shape index (κ3) is 6.12. The molecule has 140 valence electrons. The molecular formula is C25H34O. The summed E-state index contributed by atoms with van der Waals surface area (Å²) in [6.45, 7) is 4.51. The first-order chi connectivity index (χ1) is 12.8. The molecule has 1 nitrogen and oxygen atoms in total. The molecule has 1 unspecified atom stereocenters. The SMILES string of the molecule is CCCCCCCCC(CCC)c1ccccc1C(=O)c1ccccc1. The Morgan fingerprint density at radius 3 is 2.12 bits per heavy atom. The number of carbonyl (C=O) groups is 1. The number of unbranched alkanes of at least 4 members (excludes halogenated alkanes) is 5. The van der Waals surface area contributed by atoms with Crippen molar-refractivity contribution in [2.45, 2.75) is 77.6 Å². The van der Waals surface area contributed by atoms with Crippen molar-refractivity contribution in [3.05, 3.63) is 71.3 Å². The van der Waals surface area contributed by atoms with E-state index in [4.69, 9.17) is 0 Å². The fourth-order valence-corrected chi connectivity index (χ4v) is 3.78. The molecule has 0 amide bonds. The summed E-state index contributed by atoms with van der Waals surface area (Å²) in [6, 6.07) is 17.9. The largest absolute Gasteiger partial charge is 0.289 e. The van der Waals surface area contributed by atoms with Crippen molar-refractivity contribution in [1.82, 2.24) is 0 Å². The molecule has 0 saturated carbocycles. The minimum atomic E-state index is 0.158. The lowest BCUT2D eigenvalue weighted by Gasteiger charge is -2.20. The molecule has 2 rings (SSSR count). The average Bonchev–Trinajstić information content (AvgIpc) is 2.70. The van der Waals surface area contributed by atoms with Crippen LogP contribution in [0.15, 0.2) is 54.6 Å². The summed E-state index contributed by atoms with van der Waals surface area (Å²) >= 11 is 0. The van der Waals surface area contributed by atoms with E-state index in [1.807, 2.05) is 42.5 Å². The van der Waals surface area contributed by atoms with E-state index in [1.165, 1.54) is 50.5 Å². The molecule has 26 heavy (non-hydrogen) atoms. The van der Waals surface area contributed by atoms with Crippen molar-refractivity contribution >= 4 is 5.78 Å². The number of carbonyl (C=O) groups excluding carboxylic acids is 1. The molecule has 0 N–H and O–H groups in total. The van der Waals surface area contributed by atoms with Gasteiger partial charge >= 0.3 is 0 Å². The molecule has 2 aromatic rings. The number of ketones is 1. The standard InChI is InChI=1S/C25H34O/c1-3-5-6-7-8-10-16-21(15-4-2)23-19-13-14-20-24(23)25(26)22-17-11-9-12-18-22/h9,11-14,17-21H,3-8,10,15-16H2,1-2H3. The van der Waals surface area contributed by atoms with E-state index < -0.39 is 0 Å². The maximum absolute atomic E-state index is 13.0. The van der Waals surface area contributed by atoms with Gasteiger partial charge in [-0.3, -0.25) is 4.79 Å². The summed E-state index contributed by atoms with van der Waals surface area (Å²) in [5.41, 5.74) is 2.93. The highest BCUT2D eigenvalue weighted by Crippen LogP contribution is 2.31. The summed E-state index contributed by atoms with van der Waals surface area (Å²) in [7, 11) is 0. The molecule has 0 fully saturated rings. The Kier molecular flexibility index (Phi) is 9.17. The van der Waals surface area contributed by atoms with E-state index in [0.717, 1.165) is 24.0 Å². The second-order valence-corrected chi connectivity index (χ2v) is 7.32. The van der Waals surface area contributed by atoms with Crippen LogP contribution in [0.1, 0.15) is 99.0 Å². The van der Waals surface area contributed by atoms with E-state index in [9.17, 15) is 4.79 Å². The summed E-state index contributed by atoms with van der Waals surface area (Å²) < 4.78 is 0. The maximum Gasteiger partial charge on any atom is 0.193 e. The van der Waals surface area contributed by atoms with Gasteiger partial charge in [-0.1, -0.05) is 113 Å². The highest BCUT2D eigenvalue weighted by atomic mass is 16.1. The molecule has 0 heterocycles. The molecule has 1 heteroatoms. The zero-order valence-electron chi connectivity index (χ0n) is 16.5. The molecular weight excluding hydrogens is 316 g/mol. The fraction of sp³-hybridized carbons (Fsp3) is 0.480. The van der Waals surface area contributed by atoms with Crippen LogP contribution in [0.25, 0.3) is 0 Å². The molecule has 2 aromatic carbocycles. The van der Waals surface area contributed by atoms with Crippen LogP contribution < -0.4 is 0 Å². The molecule has 0 aliphatic rings. The van der Waals surface area contributed by atoms with E-state index in [0.29, 0.717) is 5.92 Å². The normalized spacial score (nSPS) is 12.1. The van der Waals surface area contributed by atoms with Gasteiger partial charge < -0.3 is 0 Å². The number of hydrogen-bond acceptors (Lipinski definition) is 1. The number of benzene rings is 2. The molecule has 0 aromatic heterocycles. The number of rotatable bonds is 12. The lowest BCUT2D eigenvalue weighted by atomic mass is 9.84. The molecule has 0 bridgehead atoms. The van der Waals surface area contributed by atoms with Gasteiger partial charge in [0.05, 0.1) is 0 Å². The van der Waals surface area contributed by atoms with E-state index in [2.05, 4.69) is 26.0 Å². The molecule has 1 atom stereocenters. The van der Waals surface area contributed by atoms with Gasteiger partial charge in [-0.25, -0.2) is 0 Å². The predicted octanol–water partition coefficient (Wildman–Crippen LogP) is 7.55. The highest BCUT2D eigenvalue weighted by molar-refractivity contribution is 6.10. The lowest BCUT2D eigenvalue weighted by molar-refractivity contribution is 0.103. The Hall–Kier alpha value is -1.89. The smallest absolute Gasteiger partial charge is 0.193 e. The Morgan fingerprint density at radius 1 is 0.731 bits per heavy atom. The zero-order valence-corrected chi connectivity index (χ0v) is 16.5. The highest BCUT2D eigenvalue weighted by Gasteiger charge is 2.19. The predicted molar refractivity (Wildman–Crippen MR) is 112 cm³/mol. The van der Waals surface area contributed by atoms with Crippen molar-refractivity contribution in [1.29, 1.82) is 0 Å². The van der Waals surface area contributed by atoms with Gasteiger partial charge in [0.1, 0.15) is 0 Å². The van der Waals surface area contributed by atoms with Gasteiger partial charge in [-0.15, -0.1) is 0 Å². The molecule has 0 aliphatic heterocycles. The second kappa shape index (κ2) is 11.7. The third-order valence-corrected chi connectivity index (χ3v) is 5.22. The van der Waals surface area contributed by atoms with Gasteiger partial charge in [0.25, 0.3) is 0 Å². The first kappa shape index (κ1) is 20.4. The Balaban J connectivity index is 2.09. The minimum absolute atomic E-state index is 0.158. The van der Waals surface area contributed by atoms with E-state index in [-0.39, 0.29) is 5.78 Å². The third-order valence-electron chi connectivity index (χ3n) is 5.22. The minimum Gasteiger partial charge on any atom is -0.289 e.